The Morgan fingerprint density at radius 3 is 2.63 bits per heavy atom. The van der Waals surface area contributed by atoms with Gasteiger partial charge in [0.25, 0.3) is 0 Å². The van der Waals surface area contributed by atoms with Gasteiger partial charge >= 0.3 is 0 Å². The fourth-order valence-corrected chi connectivity index (χ4v) is 3.76. The number of carbonyl (C=O) groups is 1. The van der Waals surface area contributed by atoms with Crippen LogP contribution in [0, 0.1) is 0 Å². The number of carbonyl (C=O) groups excluding carboxylic acids is 1. The molecule has 27 heavy (non-hydrogen) atoms. The SMILES string of the molecule is C=CC(=O)Nc1cnc2c(c1)c(-c1ccc(N3CCCCC3)cc1)cn2C. The Hall–Kier alpha value is -3.08. The molecule has 0 atom stereocenters. The number of fused-ring (bicyclic) bond motifs is 1. The van der Waals surface area contributed by atoms with Gasteiger partial charge in [-0.2, -0.15) is 0 Å². The van der Waals surface area contributed by atoms with Crippen molar-refractivity contribution in [3.8, 4) is 11.1 Å². The molecule has 1 aliphatic heterocycles. The molecular weight excluding hydrogens is 336 g/mol. The van der Waals surface area contributed by atoms with Crippen LogP contribution in [0.25, 0.3) is 22.2 Å². The van der Waals surface area contributed by atoms with Gasteiger partial charge < -0.3 is 14.8 Å². The van der Waals surface area contributed by atoms with Crippen molar-refractivity contribution < 1.29 is 4.79 Å². The molecule has 2 aromatic heterocycles. The van der Waals surface area contributed by atoms with Crippen molar-refractivity contribution in [2.45, 2.75) is 19.3 Å². The molecule has 0 bridgehead atoms. The molecule has 0 aliphatic carbocycles. The second kappa shape index (κ2) is 7.27. The van der Waals surface area contributed by atoms with E-state index in [2.05, 4.69) is 52.2 Å². The van der Waals surface area contributed by atoms with Crippen LogP contribution >= 0.6 is 0 Å². The number of nitrogens with one attached hydrogen (secondary N) is 1. The molecule has 1 aromatic carbocycles. The Morgan fingerprint density at radius 1 is 1.19 bits per heavy atom. The fraction of sp³-hybridized carbons (Fsp3) is 0.273. The van der Waals surface area contributed by atoms with E-state index in [4.69, 9.17) is 0 Å². The molecule has 0 spiro atoms. The smallest absolute Gasteiger partial charge is 0.247 e. The van der Waals surface area contributed by atoms with Gasteiger partial charge in [-0.3, -0.25) is 4.79 Å². The highest BCUT2D eigenvalue weighted by atomic mass is 16.1. The molecule has 1 saturated heterocycles. The summed E-state index contributed by atoms with van der Waals surface area (Å²) in [4.78, 5) is 18.6. The molecule has 1 N–H and O–H groups in total. The van der Waals surface area contributed by atoms with Crippen molar-refractivity contribution in [2.24, 2.45) is 7.05 Å². The van der Waals surface area contributed by atoms with Crippen LogP contribution in [-0.4, -0.2) is 28.5 Å². The quantitative estimate of drug-likeness (QED) is 0.704. The molecule has 1 aliphatic rings. The molecular formula is C22H24N4O. The minimum atomic E-state index is -0.237. The summed E-state index contributed by atoms with van der Waals surface area (Å²) in [6.45, 7) is 5.78. The second-order valence-corrected chi connectivity index (χ2v) is 7.04. The largest absolute Gasteiger partial charge is 0.372 e. The van der Waals surface area contributed by atoms with E-state index >= 15 is 0 Å². The number of pyridine rings is 1. The van der Waals surface area contributed by atoms with Crippen molar-refractivity contribution in [3.63, 3.8) is 0 Å². The van der Waals surface area contributed by atoms with Crippen LogP contribution in [0.5, 0.6) is 0 Å². The number of hydrogen-bond donors (Lipinski definition) is 1. The summed E-state index contributed by atoms with van der Waals surface area (Å²) < 4.78 is 2.02. The van der Waals surface area contributed by atoms with Gasteiger partial charge in [0.1, 0.15) is 5.65 Å². The van der Waals surface area contributed by atoms with Gasteiger partial charge in [-0.15, -0.1) is 0 Å². The van der Waals surface area contributed by atoms with Gasteiger partial charge in [-0.05, 0) is 49.1 Å². The zero-order valence-electron chi connectivity index (χ0n) is 15.6. The number of amides is 1. The van der Waals surface area contributed by atoms with Crippen molar-refractivity contribution in [1.82, 2.24) is 9.55 Å². The Bertz CT molecular complexity index is 981. The summed E-state index contributed by atoms with van der Waals surface area (Å²) >= 11 is 0. The average molecular weight is 360 g/mol. The highest BCUT2D eigenvalue weighted by Gasteiger charge is 2.14. The second-order valence-electron chi connectivity index (χ2n) is 7.04. The van der Waals surface area contributed by atoms with E-state index in [-0.39, 0.29) is 5.91 Å². The first-order chi connectivity index (χ1) is 13.2. The predicted molar refractivity (Wildman–Crippen MR) is 111 cm³/mol. The summed E-state index contributed by atoms with van der Waals surface area (Å²) in [6, 6.07) is 10.7. The normalized spacial score (nSPS) is 14.3. The zero-order valence-corrected chi connectivity index (χ0v) is 15.6. The molecule has 0 radical (unpaired) electrons. The van der Waals surface area contributed by atoms with Gasteiger partial charge in [-0.1, -0.05) is 18.7 Å². The van der Waals surface area contributed by atoms with Crippen molar-refractivity contribution >= 4 is 28.3 Å². The Labute approximate surface area is 159 Å². The topological polar surface area (TPSA) is 50.2 Å². The first-order valence-corrected chi connectivity index (χ1v) is 9.39. The molecule has 5 nitrogen and oxygen atoms in total. The molecule has 5 heteroatoms. The number of piperidine rings is 1. The number of aryl methyl sites for hydroxylation is 1. The first kappa shape index (κ1) is 17.3. The van der Waals surface area contributed by atoms with E-state index in [0.29, 0.717) is 5.69 Å². The zero-order chi connectivity index (χ0) is 18.8. The number of benzene rings is 1. The van der Waals surface area contributed by atoms with Crippen molar-refractivity contribution in [3.05, 3.63) is 55.4 Å². The molecule has 3 heterocycles. The van der Waals surface area contributed by atoms with Crippen LogP contribution in [-0.2, 0) is 11.8 Å². The molecule has 1 amide bonds. The van der Waals surface area contributed by atoms with Crippen LogP contribution in [0.4, 0.5) is 11.4 Å². The minimum absolute atomic E-state index is 0.237. The molecule has 138 valence electrons. The van der Waals surface area contributed by atoms with Crippen LogP contribution < -0.4 is 10.2 Å². The predicted octanol–water partition coefficient (Wildman–Crippen LogP) is 4.36. The summed E-state index contributed by atoms with van der Waals surface area (Å²) in [5.41, 5.74) is 5.11. The van der Waals surface area contributed by atoms with Crippen molar-refractivity contribution in [1.29, 1.82) is 0 Å². The lowest BCUT2D eigenvalue weighted by molar-refractivity contribution is -0.111. The third-order valence-corrected chi connectivity index (χ3v) is 5.17. The molecule has 0 saturated carbocycles. The van der Waals surface area contributed by atoms with Gasteiger partial charge in [0.15, 0.2) is 0 Å². The van der Waals surface area contributed by atoms with Crippen LogP contribution in [0.15, 0.2) is 55.4 Å². The lowest BCUT2D eigenvalue weighted by Crippen LogP contribution is -2.29. The van der Waals surface area contributed by atoms with Crippen LogP contribution in [0.1, 0.15) is 19.3 Å². The lowest BCUT2D eigenvalue weighted by atomic mass is 10.0. The van der Waals surface area contributed by atoms with Crippen LogP contribution in [0.3, 0.4) is 0 Å². The van der Waals surface area contributed by atoms with E-state index in [1.807, 2.05) is 17.7 Å². The third-order valence-electron chi connectivity index (χ3n) is 5.17. The highest BCUT2D eigenvalue weighted by molar-refractivity contribution is 6.01. The number of nitrogens with zero attached hydrogens (tertiary/aromatic N) is 3. The lowest BCUT2D eigenvalue weighted by Gasteiger charge is -2.28. The Kier molecular flexibility index (Phi) is 4.67. The number of rotatable bonds is 4. The maximum Gasteiger partial charge on any atom is 0.247 e. The maximum atomic E-state index is 11.6. The summed E-state index contributed by atoms with van der Waals surface area (Å²) in [5, 5.41) is 3.81. The molecule has 3 aromatic rings. The molecule has 4 rings (SSSR count). The van der Waals surface area contributed by atoms with E-state index in [1.54, 1.807) is 6.20 Å². The number of hydrogen-bond acceptors (Lipinski definition) is 3. The first-order valence-electron chi connectivity index (χ1n) is 9.39. The Balaban J connectivity index is 1.68. The van der Waals surface area contributed by atoms with Gasteiger partial charge in [-0.25, -0.2) is 4.98 Å². The van der Waals surface area contributed by atoms with Gasteiger partial charge in [0.05, 0.1) is 11.9 Å². The van der Waals surface area contributed by atoms with Gasteiger partial charge in [0, 0.05) is 43.0 Å². The van der Waals surface area contributed by atoms with E-state index < -0.39 is 0 Å². The van der Waals surface area contributed by atoms with Gasteiger partial charge in [0.2, 0.25) is 5.91 Å². The fourth-order valence-electron chi connectivity index (χ4n) is 3.76. The Morgan fingerprint density at radius 2 is 1.93 bits per heavy atom. The average Bonchev–Trinajstić information content (AvgIpc) is 3.04. The number of aromatic nitrogens is 2. The molecule has 1 fully saturated rings. The monoisotopic (exact) mass is 360 g/mol. The summed E-state index contributed by atoms with van der Waals surface area (Å²) in [5.74, 6) is -0.237. The van der Waals surface area contributed by atoms with E-state index in [9.17, 15) is 4.79 Å². The number of anilines is 2. The standard InChI is InChI=1S/C22H24N4O/c1-3-21(27)24-17-13-19-20(15-25(2)22(19)23-14-17)16-7-9-18(10-8-16)26-11-5-4-6-12-26/h3,7-10,13-15H,1,4-6,11-12H2,2H3,(H,24,27). The third kappa shape index (κ3) is 3.45. The van der Waals surface area contributed by atoms with Crippen molar-refractivity contribution in [2.75, 3.05) is 23.3 Å². The van der Waals surface area contributed by atoms with E-state index in [0.717, 1.165) is 35.2 Å². The van der Waals surface area contributed by atoms with E-state index in [1.165, 1.54) is 31.0 Å². The molecule has 0 unspecified atom stereocenters. The van der Waals surface area contributed by atoms with Crippen LogP contribution in [0.2, 0.25) is 0 Å². The summed E-state index contributed by atoms with van der Waals surface area (Å²) in [6.07, 6.45) is 8.91. The summed E-state index contributed by atoms with van der Waals surface area (Å²) in [7, 11) is 1.99. The highest BCUT2D eigenvalue weighted by Crippen LogP contribution is 2.32. The maximum absolute atomic E-state index is 11.6. The minimum Gasteiger partial charge on any atom is -0.372 e.